The summed E-state index contributed by atoms with van der Waals surface area (Å²) in [7, 11) is 1.87. The molecule has 1 fully saturated rings. The second-order valence-electron chi connectivity index (χ2n) is 7.18. The molecule has 0 spiro atoms. The van der Waals surface area contributed by atoms with Gasteiger partial charge in [-0.25, -0.2) is 15.0 Å². The maximum absolute atomic E-state index is 12.9. The minimum Gasteiger partial charge on any atom is -0.341 e. The van der Waals surface area contributed by atoms with E-state index in [2.05, 4.69) is 19.9 Å². The Morgan fingerprint density at radius 2 is 1.96 bits per heavy atom. The number of amides is 1. The molecular formula is C20H23ClN6O. The lowest BCUT2D eigenvalue weighted by molar-refractivity contribution is -0.132. The third-order valence-electron chi connectivity index (χ3n) is 5.37. The van der Waals surface area contributed by atoms with E-state index in [1.807, 2.05) is 49.2 Å². The minimum absolute atomic E-state index is 0.0373. The average Bonchev–Trinajstić information content (AvgIpc) is 3.03. The lowest BCUT2D eigenvalue weighted by Crippen LogP contribution is -2.47. The molecule has 4 rings (SSSR count). The SMILES string of the molecule is Cc1ccnc(N2CCC(N(C)C(=O)Cn3c(Cl)nc4ccccc43)CC2)n1. The predicted molar refractivity (Wildman–Crippen MR) is 110 cm³/mol. The molecule has 2 aromatic heterocycles. The number of likely N-dealkylation sites (N-methyl/N-ethyl adjacent to an activating group) is 1. The lowest BCUT2D eigenvalue weighted by Gasteiger charge is -2.36. The van der Waals surface area contributed by atoms with Gasteiger partial charge in [0, 0.05) is 38.1 Å². The molecule has 3 aromatic rings. The normalized spacial score (nSPS) is 15.2. The number of rotatable bonds is 4. The highest BCUT2D eigenvalue weighted by Gasteiger charge is 2.27. The Hall–Kier alpha value is -2.67. The Morgan fingerprint density at radius 3 is 2.71 bits per heavy atom. The van der Waals surface area contributed by atoms with E-state index in [0.29, 0.717) is 5.28 Å². The van der Waals surface area contributed by atoms with Crippen LogP contribution in [0.1, 0.15) is 18.5 Å². The number of piperidine rings is 1. The third kappa shape index (κ3) is 3.67. The van der Waals surface area contributed by atoms with Crippen molar-refractivity contribution in [2.75, 3.05) is 25.0 Å². The second-order valence-corrected chi connectivity index (χ2v) is 7.51. The number of carbonyl (C=O) groups is 1. The molecule has 1 amide bonds. The van der Waals surface area contributed by atoms with E-state index in [0.717, 1.165) is 48.6 Å². The number of hydrogen-bond acceptors (Lipinski definition) is 5. The molecule has 0 bridgehead atoms. The maximum atomic E-state index is 12.9. The summed E-state index contributed by atoms with van der Waals surface area (Å²) in [6, 6.07) is 9.76. The zero-order valence-corrected chi connectivity index (χ0v) is 16.8. The molecule has 3 heterocycles. The zero-order valence-electron chi connectivity index (χ0n) is 16.0. The first kappa shape index (κ1) is 18.7. The van der Waals surface area contributed by atoms with Crippen LogP contribution in [0.3, 0.4) is 0 Å². The first-order chi connectivity index (χ1) is 13.5. The van der Waals surface area contributed by atoms with Crippen LogP contribution < -0.4 is 4.90 Å². The topological polar surface area (TPSA) is 67.2 Å². The number of benzene rings is 1. The van der Waals surface area contributed by atoms with Crippen molar-refractivity contribution in [1.29, 1.82) is 0 Å². The molecular weight excluding hydrogens is 376 g/mol. The Kier molecular flexibility index (Phi) is 5.17. The molecule has 1 aliphatic rings. The number of aryl methyl sites for hydroxylation is 1. The van der Waals surface area contributed by atoms with Gasteiger partial charge in [0.1, 0.15) is 6.54 Å². The van der Waals surface area contributed by atoms with Crippen LogP contribution in [-0.2, 0) is 11.3 Å². The van der Waals surface area contributed by atoms with E-state index < -0.39 is 0 Å². The van der Waals surface area contributed by atoms with E-state index in [4.69, 9.17) is 11.6 Å². The molecule has 0 N–H and O–H groups in total. The van der Waals surface area contributed by atoms with Crippen molar-refractivity contribution in [3.63, 3.8) is 0 Å². The van der Waals surface area contributed by atoms with Crippen molar-refractivity contribution in [2.24, 2.45) is 0 Å². The number of para-hydroxylation sites is 2. The van der Waals surface area contributed by atoms with Crippen molar-refractivity contribution >= 4 is 34.5 Å². The van der Waals surface area contributed by atoms with E-state index in [1.165, 1.54) is 0 Å². The van der Waals surface area contributed by atoms with Crippen molar-refractivity contribution in [3.05, 3.63) is 47.5 Å². The molecule has 0 saturated carbocycles. The number of carbonyl (C=O) groups excluding carboxylic acids is 1. The van der Waals surface area contributed by atoms with Gasteiger partial charge in [0.2, 0.25) is 17.1 Å². The monoisotopic (exact) mass is 398 g/mol. The quantitative estimate of drug-likeness (QED) is 0.676. The summed E-state index contributed by atoms with van der Waals surface area (Å²) >= 11 is 6.26. The summed E-state index contributed by atoms with van der Waals surface area (Å²) in [6.07, 6.45) is 3.56. The zero-order chi connectivity index (χ0) is 19.7. The van der Waals surface area contributed by atoms with Gasteiger partial charge in [0.15, 0.2) is 0 Å². The molecule has 28 heavy (non-hydrogen) atoms. The number of anilines is 1. The fraction of sp³-hybridized carbons (Fsp3) is 0.400. The lowest BCUT2D eigenvalue weighted by atomic mass is 10.0. The largest absolute Gasteiger partial charge is 0.341 e. The molecule has 1 aromatic carbocycles. The number of fused-ring (bicyclic) bond motifs is 1. The predicted octanol–water partition coefficient (Wildman–Crippen LogP) is 2.92. The van der Waals surface area contributed by atoms with Gasteiger partial charge in [-0.05, 0) is 49.6 Å². The van der Waals surface area contributed by atoms with Crippen LogP contribution in [0.4, 0.5) is 5.95 Å². The molecule has 1 saturated heterocycles. The van der Waals surface area contributed by atoms with Gasteiger partial charge in [0.05, 0.1) is 11.0 Å². The van der Waals surface area contributed by atoms with E-state index in [9.17, 15) is 4.79 Å². The third-order valence-corrected chi connectivity index (χ3v) is 5.66. The van der Waals surface area contributed by atoms with Gasteiger partial charge >= 0.3 is 0 Å². The number of halogens is 1. The maximum Gasteiger partial charge on any atom is 0.242 e. The van der Waals surface area contributed by atoms with Gasteiger partial charge < -0.3 is 14.4 Å². The molecule has 0 unspecified atom stereocenters. The van der Waals surface area contributed by atoms with E-state index >= 15 is 0 Å². The van der Waals surface area contributed by atoms with Gasteiger partial charge in [-0.1, -0.05) is 12.1 Å². The molecule has 1 aliphatic heterocycles. The summed E-state index contributed by atoms with van der Waals surface area (Å²) in [6.45, 7) is 3.83. The van der Waals surface area contributed by atoms with Crippen LogP contribution >= 0.6 is 11.6 Å². The highest BCUT2D eigenvalue weighted by molar-refractivity contribution is 6.29. The summed E-state index contributed by atoms with van der Waals surface area (Å²) in [4.78, 5) is 30.1. The Bertz CT molecular complexity index is 995. The second kappa shape index (κ2) is 7.75. The molecule has 0 radical (unpaired) electrons. The molecule has 7 nitrogen and oxygen atoms in total. The first-order valence-corrected chi connectivity index (χ1v) is 9.82. The molecule has 0 aliphatic carbocycles. The van der Waals surface area contributed by atoms with Gasteiger partial charge in [0.25, 0.3) is 0 Å². The number of imidazole rings is 1. The summed E-state index contributed by atoms with van der Waals surface area (Å²) in [5, 5.41) is 0.342. The summed E-state index contributed by atoms with van der Waals surface area (Å²) in [5.41, 5.74) is 2.64. The van der Waals surface area contributed by atoms with Gasteiger partial charge in [-0.15, -0.1) is 0 Å². The van der Waals surface area contributed by atoms with Crippen LogP contribution in [0.2, 0.25) is 5.28 Å². The van der Waals surface area contributed by atoms with Crippen molar-refractivity contribution in [2.45, 2.75) is 32.4 Å². The number of nitrogens with zero attached hydrogens (tertiary/aromatic N) is 6. The smallest absolute Gasteiger partial charge is 0.242 e. The van der Waals surface area contributed by atoms with Crippen molar-refractivity contribution in [1.82, 2.24) is 24.4 Å². The summed E-state index contributed by atoms with van der Waals surface area (Å²) in [5.74, 6) is 0.805. The van der Waals surface area contributed by atoms with Crippen LogP contribution in [0, 0.1) is 6.92 Å². The van der Waals surface area contributed by atoms with Gasteiger partial charge in [-0.3, -0.25) is 4.79 Å². The fourth-order valence-electron chi connectivity index (χ4n) is 3.69. The molecule has 8 heteroatoms. The fourth-order valence-corrected chi connectivity index (χ4v) is 3.93. The number of aromatic nitrogens is 4. The number of hydrogen-bond donors (Lipinski definition) is 0. The standard InChI is InChI=1S/C20H23ClN6O/c1-14-7-10-22-20(23-14)26-11-8-15(9-12-26)25(2)18(28)13-27-17-6-4-3-5-16(17)24-19(27)21/h3-7,10,15H,8-9,11-13H2,1-2H3. The highest BCUT2D eigenvalue weighted by atomic mass is 35.5. The summed E-state index contributed by atoms with van der Waals surface area (Å²) < 4.78 is 1.77. The Morgan fingerprint density at radius 1 is 1.21 bits per heavy atom. The van der Waals surface area contributed by atoms with Crippen molar-refractivity contribution < 1.29 is 4.79 Å². The Balaban J connectivity index is 1.40. The molecule has 0 atom stereocenters. The first-order valence-electron chi connectivity index (χ1n) is 9.44. The van der Waals surface area contributed by atoms with Crippen LogP contribution in [-0.4, -0.2) is 56.5 Å². The van der Waals surface area contributed by atoms with Crippen LogP contribution in [0.15, 0.2) is 36.5 Å². The highest BCUT2D eigenvalue weighted by Crippen LogP contribution is 2.22. The van der Waals surface area contributed by atoms with E-state index in [-0.39, 0.29) is 18.5 Å². The van der Waals surface area contributed by atoms with Crippen LogP contribution in [0.25, 0.3) is 11.0 Å². The molecule has 146 valence electrons. The Labute approximate surface area is 169 Å². The van der Waals surface area contributed by atoms with Gasteiger partial charge in [-0.2, -0.15) is 0 Å². The van der Waals surface area contributed by atoms with Crippen LogP contribution in [0.5, 0.6) is 0 Å². The average molecular weight is 399 g/mol. The van der Waals surface area contributed by atoms with Crippen molar-refractivity contribution in [3.8, 4) is 0 Å². The van der Waals surface area contributed by atoms with E-state index in [1.54, 1.807) is 10.8 Å². The minimum atomic E-state index is 0.0373.